The van der Waals surface area contributed by atoms with Gasteiger partial charge in [-0.25, -0.2) is 8.78 Å². The van der Waals surface area contributed by atoms with Crippen molar-refractivity contribution >= 4 is 17.2 Å². The van der Waals surface area contributed by atoms with Crippen LogP contribution in [-0.2, 0) is 4.74 Å². The van der Waals surface area contributed by atoms with E-state index in [1.165, 1.54) is 0 Å². The van der Waals surface area contributed by atoms with Crippen molar-refractivity contribution in [2.45, 2.75) is 25.7 Å². The predicted molar refractivity (Wildman–Crippen MR) is 49.9 cm³/mol. The molecule has 2 nitrogen and oxygen atoms in total. The van der Waals surface area contributed by atoms with Gasteiger partial charge < -0.3 is 10.5 Å². The number of halogens is 2. The van der Waals surface area contributed by atoms with E-state index in [1.807, 2.05) is 0 Å². The van der Waals surface area contributed by atoms with Gasteiger partial charge in [-0.2, -0.15) is 0 Å². The van der Waals surface area contributed by atoms with Crippen LogP contribution in [0.3, 0.4) is 0 Å². The van der Waals surface area contributed by atoms with Gasteiger partial charge >= 0.3 is 0 Å². The number of ether oxygens (including phenoxy) is 1. The number of alkyl halides is 2. The van der Waals surface area contributed by atoms with Gasteiger partial charge in [0, 0.05) is 11.8 Å². The lowest BCUT2D eigenvalue weighted by Crippen LogP contribution is -2.20. The van der Waals surface area contributed by atoms with E-state index in [2.05, 4.69) is 0 Å². The summed E-state index contributed by atoms with van der Waals surface area (Å²) in [5.41, 5.74) is 5.36. The van der Waals surface area contributed by atoms with Crippen molar-refractivity contribution in [3.05, 3.63) is 0 Å². The lowest BCUT2D eigenvalue weighted by atomic mass is 10.0. The molecule has 0 unspecified atom stereocenters. The fourth-order valence-electron chi connectivity index (χ4n) is 1.28. The molecule has 0 bridgehead atoms. The fraction of sp³-hybridized carbons (Fsp3) is 0.875. The predicted octanol–water partition coefficient (Wildman–Crippen LogP) is 1.72. The fourth-order valence-corrected chi connectivity index (χ4v) is 1.59. The maximum atomic E-state index is 11.7. The highest BCUT2D eigenvalue weighted by Gasteiger charge is 2.43. The molecule has 0 radical (unpaired) electrons. The Balaban J connectivity index is 2.16. The molecule has 1 aliphatic rings. The quantitative estimate of drug-likeness (QED) is 0.676. The summed E-state index contributed by atoms with van der Waals surface area (Å²) in [4.78, 5) is 0.443. The molecule has 0 aromatic rings. The zero-order valence-electron chi connectivity index (χ0n) is 7.26. The summed E-state index contributed by atoms with van der Waals surface area (Å²) in [7, 11) is 0. The summed E-state index contributed by atoms with van der Waals surface area (Å²) in [5, 5.41) is 0. The van der Waals surface area contributed by atoms with Crippen LogP contribution in [0.15, 0.2) is 0 Å². The van der Waals surface area contributed by atoms with Crippen LogP contribution in [0.2, 0.25) is 0 Å². The molecule has 1 fully saturated rings. The van der Waals surface area contributed by atoms with Crippen LogP contribution < -0.4 is 5.73 Å². The molecule has 1 saturated carbocycles. The van der Waals surface area contributed by atoms with Crippen LogP contribution in [0.25, 0.3) is 0 Å². The van der Waals surface area contributed by atoms with Gasteiger partial charge in [0.1, 0.15) is 6.61 Å². The van der Waals surface area contributed by atoms with Crippen molar-refractivity contribution in [1.82, 2.24) is 0 Å². The Morgan fingerprint density at radius 1 is 1.54 bits per heavy atom. The minimum absolute atomic E-state index is 0.0132. The number of hydrogen-bond acceptors (Lipinski definition) is 2. The molecule has 0 amide bonds. The second-order valence-electron chi connectivity index (χ2n) is 3.55. The number of nitrogens with two attached hydrogens (primary N) is 1. The SMILES string of the molecule is NC(=S)CC1(COCC(F)F)CC1. The van der Waals surface area contributed by atoms with E-state index >= 15 is 0 Å². The van der Waals surface area contributed by atoms with Crippen LogP contribution in [0.1, 0.15) is 19.3 Å². The third-order valence-corrected chi connectivity index (χ3v) is 2.30. The molecule has 0 aromatic heterocycles. The molecule has 76 valence electrons. The van der Waals surface area contributed by atoms with E-state index in [9.17, 15) is 8.78 Å². The largest absolute Gasteiger partial charge is 0.393 e. The Labute approximate surface area is 81.4 Å². The summed E-state index contributed by atoms with van der Waals surface area (Å²) < 4.78 is 28.3. The molecule has 0 aromatic carbocycles. The Morgan fingerprint density at radius 2 is 2.15 bits per heavy atom. The highest BCUT2D eigenvalue weighted by molar-refractivity contribution is 7.80. The van der Waals surface area contributed by atoms with Gasteiger partial charge in [-0.1, -0.05) is 12.2 Å². The van der Waals surface area contributed by atoms with E-state index in [4.69, 9.17) is 22.7 Å². The monoisotopic (exact) mass is 209 g/mol. The minimum Gasteiger partial charge on any atom is -0.393 e. The van der Waals surface area contributed by atoms with Crippen LogP contribution in [0.4, 0.5) is 8.78 Å². The molecule has 2 N–H and O–H groups in total. The van der Waals surface area contributed by atoms with E-state index in [0.29, 0.717) is 18.0 Å². The first kappa shape index (κ1) is 10.8. The van der Waals surface area contributed by atoms with Gasteiger partial charge in [-0.05, 0) is 12.8 Å². The summed E-state index contributed by atoms with van der Waals surface area (Å²) in [5.74, 6) is 0. The van der Waals surface area contributed by atoms with E-state index in [0.717, 1.165) is 12.8 Å². The van der Waals surface area contributed by atoms with Crippen molar-refractivity contribution in [3.8, 4) is 0 Å². The number of thiocarbonyl (C=S) groups is 1. The summed E-state index contributed by atoms with van der Waals surface area (Å²) in [6.07, 6.45) is 0.188. The minimum atomic E-state index is -2.39. The maximum Gasteiger partial charge on any atom is 0.261 e. The van der Waals surface area contributed by atoms with Crippen LogP contribution >= 0.6 is 12.2 Å². The van der Waals surface area contributed by atoms with Crippen molar-refractivity contribution in [2.24, 2.45) is 11.1 Å². The summed E-state index contributed by atoms with van der Waals surface area (Å²) >= 11 is 4.76. The van der Waals surface area contributed by atoms with Crippen LogP contribution in [0, 0.1) is 5.41 Å². The molecule has 1 aliphatic carbocycles. The van der Waals surface area contributed by atoms with Crippen molar-refractivity contribution < 1.29 is 13.5 Å². The van der Waals surface area contributed by atoms with E-state index < -0.39 is 13.0 Å². The average Bonchev–Trinajstić information content (AvgIpc) is 2.66. The van der Waals surface area contributed by atoms with Gasteiger partial charge in [-0.15, -0.1) is 0 Å². The third-order valence-electron chi connectivity index (χ3n) is 2.16. The van der Waals surface area contributed by atoms with Gasteiger partial charge in [-0.3, -0.25) is 0 Å². The first-order chi connectivity index (χ1) is 6.04. The van der Waals surface area contributed by atoms with Gasteiger partial charge in [0.2, 0.25) is 0 Å². The molecule has 0 spiro atoms. The molecular weight excluding hydrogens is 196 g/mol. The van der Waals surface area contributed by atoms with Crippen molar-refractivity contribution in [3.63, 3.8) is 0 Å². The third kappa shape index (κ3) is 3.95. The standard InChI is InChI=1S/C8H13F2NOS/c9-6(10)4-12-5-8(1-2-8)3-7(11)13/h6H,1-5H2,(H2,11,13). The number of hydrogen-bond donors (Lipinski definition) is 1. The molecule has 0 aliphatic heterocycles. The van der Waals surface area contributed by atoms with E-state index in [1.54, 1.807) is 0 Å². The lowest BCUT2D eigenvalue weighted by molar-refractivity contribution is 0.000742. The van der Waals surface area contributed by atoms with Crippen LogP contribution in [0.5, 0.6) is 0 Å². The first-order valence-corrected chi connectivity index (χ1v) is 4.59. The molecular formula is C8H13F2NOS. The first-order valence-electron chi connectivity index (χ1n) is 4.18. The Hall–Kier alpha value is -0.290. The Kier molecular flexibility index (Phi) is 3.55. The smallest absolute Gasteiger partial charge is 0.261 e. The summed E-state index contributed by atoms with van der Waals surface area (Å²) in [6.45, 7) is -0.131. The summed E-state index contributed by atoms with van der Waals surface area (Å²) in [6, 6.07) is 0. The average molecular weight is 209 g/mol. The molecule has 0 heterocycles. The van der Waals surface area contributed by atoms with Crippen molar-refractivity contribution in [1.29, 1.82) is 0 Å². The van der Waals surface area contributed by atoms with Crippen molar-refractivity contribution in [2.75, 3.05) is 13.2 Å². The highest BCUT2D eigenvalue weighted by Crippen LogP contribution is 2.48. The Morgan fingerprint density at radius 3 is 2.54 bits per heavy atom. The zero-order valence-corrected chi connectivity index (χ0v) is 8.08. The van der Waals surface area contributed by atoms with Gasteiger partial charge in [0.15, 0.2) is 0 Å². The molecule has 0 saturated heterocycles. The molecule has 1 rings (SSSR count). The molecule has 5 heteroatoms. The molecule has 13 heavy (non-hydrogen) atoms. The van der Waals surface area contributed by atoms with Crippen LogP contribution in [-0.4, -0.2) is 24.6 Å². The second-order valence-corrected chi connectivity index (χ2v) is 4.07. The second kappa shape index (κ2) is 4.28. The Bertz CT molecular complexity index is 195. The normalized spacial score (nSPS) is 19.0. The highest BCUT2D eigenvalue weighted by atomic mass is 32.1. The van der Waals surface area contributed by atoms with E-state index in [-0.39, 0.29) is 5.41 Å². The zero-order chi connectivity index (χ0) is 9.90. The van der Waals surface area contributed by atoms with Gasteiger partial charge in [0.05, 0.1) is 11.6 Å². The maximum absolute atomic E-state index is 11.7. The van der Waals surface area contributed by atoms with Gasteiger partial charge in [0.25, 0.3) is 6.43 Å². The topological polar surface area (TPSA) is 35.2 Å². The number of rotatable bonds is 6. The molecule has 0 atom stereocenters. The lowest BCUT2D eigenvalue weighted by Gasteiger charge is -2.13.